The zero-order valence-corrected chi connectivity index (χ0v) is 13.8. The summed E-state index contributed by atoms with van der Waals surface area (Å²) in [5.41, 5.74) is 2.92. The molecular weight excluding hydrogens is 282 g/mol. The van der Waals surface area contributed by atoms with Gasteiger partial charge in [0.05, 0.1) is 7.11 Å². The normalized spacial score (nSPS) is 27.1. The average molecular weight is 307 g/mol. The fourth-order valence-electron chi connectivity index (χ4n) is 4.55. The van der Waals surface area contributed by atoms with Crippen molar-refractivity contribution < 1.29 is 4.74 Å². The maximum Gasteiger partial charge on any atom is 0.118 e. The first kappa shape index (κ1) is 14.8. The summed E-state index contributed by atoms with van der Waals surface area (Å²) in [6, 6.07) is 21.2. The summed E-state index contributed by atoms with van der Waals surface area (Å²) in [7, 11) is 1.73. The molecule has 2 bridgehead atoms. The van der Waals surface area contributed by atoms with E-state index in [0.29, 0.717) is 12.0 Å². The molecule has 0 spiro atoms. The highest BCUT2D eigenvalue weighted by Gasteiger charge is 2.42. The lowest BCUT2D eigenvalue weighted by Gasteiger charge is -2.40. The van der Waals surface area contributed by atoms with E-state index in [1.807, 2.05) is 0 Å². The molecular formula is C21H25NO. The molecule has 2 aromatic rings. The van der Waals surface area contributed by atoms with Gasteiger partial charge in [-0.15, -0.1) is 0 Å². The average Bonchev–Trinajstić information content (AvgIpc) is 2.87. The van der Waals surface area contributed by atoms with E-state index >= 15 is 0 Å². The molecule has 2 fully saturated rings. The molecule has 2 nitrogen and oxygen atoms in total. The SMILES string of the molecule is COc1ccc(C2CCC3CCC2N3Cc2ccccc2)cc1. The summed E-state index contributed by atoms with van der Waals surface area (Å²) >= 11 is 0. The molecule has 3 atom stereocenters. The zero-order chi connectivity index (χ0) is 15.6. The fourth-order valence-corrected chi connectivity index (χ4v) is 4.55. The topological polar surface area (TPSA) is 12.5 Å². The van der Waals surface area contributed by atoms with Crippen molar-refractivity contribution in [3.8, 4) is 5.75 Å². The predicted octanol–water partition coefficient (Wildman–Crippen LogP) is 4.61. The van der Waals surface area contributed by atoms with Crippen molar-refractivity contribution in [2.24, 2.45) is 0 Å². The minimum absolute atomic E-state index is 0.670. The standard InChI is InChI=1S/C21H25NO/c1-23-19-11-7-17(8-12-19)20-13-9-18-10-14-21(20)22(18)15-16-5-3-2-4-6-16/h2-8,11-12,18,20-21H,9-10,13-15H2,1H3. The smallest absolute Gasteiger partial charge is 0.118 e. The molecule has 2 aliphatic heterocycles. The molecule has 0 saturated carbocycles. The van der Waals surface area contributed by atoms with E-state index < -0.39 is 0 Å². The van der Waals surface area contributed by atoms with Crippen LogP contribution in [0.15, 0.2) is 54.6 Å². The monoisotopic (exact) mass is 307 g/mol. The largest absolute Gasteiger partial charge is 0.497 e. The van der Waals surface area contributed by atoms with E-state index in [9.17, 15) is 0 Å². The Kier molecular flexibility index (Phi) is 4.09. The lowest BCUT2D eigenvalue weighted by molar-refractivity contribution is 0.113. The molecule has 2 heteroatoms. The summed E-state index contributed by atoms with van der Waals surface area (Å²) in [5.74, 6) is 1.62. The molecule has 120 valence electrons. The van der Waals surface area contributed by atoms with Crippen molar-refractivity contribution in [1.29, 1.82) is 0 Å². The number of methoxy groups -OCH3 is 1. The highest BCUT2D eigenvalue weighted by Crippen LogP contribution is 2.44. The van der Waals surface area contributed by atoms with Crippen LogP contribution in [0.3, 0.4) is 0 Å². The lowest BCUT2D eigenvalue weighted by Crippen LogP contribution is -2.43. The van der Waals surface area contributed by atoms with Gasteiger partial charge in [-0.25, -0.2) is 0 Å². The highest BCUT2D eigenvalue weighted by molar-refractivity contribution is 5.31. The second-order valence-electron chi connectivity index (χ2n) is 6.91. The van der Waals surface area contributed by atoms with Crippen LogP contribution in [0.1, 0.15) is 42.7 Å². The molecule has 0 N–H and O–H groups in total. The van der Waals surface area contributed by atoms with Gasteiger partial charge in [-0.05, 0) is 54.9 Å². The third-order valence-corrected chi connectivity index (χ3v) is 5.72. The summed E-state index contributed by atoms with van der Waals surface area (Å²) in [6.07, 6.45) is 5.37. The maximum atomic E-state index is 5.31. The van der Waals surface area contributed by atoms with Crippen LogP contribution in [0.4, 0.5) is 0 Å². The van der Waals surface area contributed by atoms with Crippen LogP contribution in [0.2, 0.25) is 0 Å². The second-order valence-corrected chi connectivity index (χ2v) is 6.91. The molecule has 2 aliphatic rings. The minimum atomic E-state index is 0.670. The second kappa shape index (κ2) is 6.37. The van der Waals surface area contributed by atoms with E-state index in [1.165, 1.54) is 36.8 Å². The zero-order valence-electron chi connectivity index (χ0n) is 13.8. The number of fused-ring (bicyclic) bond motifs is 2. The summed E-state index contributed by atoms with van der Waals surface area (Å²) in [6.45, 7) is 1.10. The molecule has 2 saturated heterocycles. The quantitative estimate of drug-likeness (QED) is 0.818. The van der Waals surface area contributed by atoms with Crippen LogP contribution in [-0.2, 0) is 6.54 Å². The van der Waals surface area contributed by atoms with Gasteiger partial charge >= 0.3 is 0 Å². The van der Waals surface area contributed by atoms with Gasteiger partial charge in [0.15, 0.2) is 0 Å². The number of rotatable bonds is 4. The van der Waals surface area contributed by atoms with Crippen LogP contribution in [0, 0.1) is 0 Å². The van der Waals surface area contributed by atoms with Gasteiger partial charge in [0.1, 0.15) is 5.75 Å². The summed E-state index contributed by atoms with van der Waals surface area (Å²) in [4.78, 5) is 2.77. The van der Waals surface area contributed by atoms with Crippen molar-refractivity contribution in [1.82, 2.24) is 4.90 Å². The van der Waals surface area contributed by atoms with E-state index in [-0.39, 0.29) is 0 Å². The molecule has 0 radical (unpaired) electrons. The Morgan fingerprint density at radius 1 is 0.913 bits per heavy atom. The van der Waals surface area contributed by atoms with Gasteiger partial charge in [-0.2, -0.15) is 0 Å². The number of hydrogen-bond donors (Lipinski definition) is 0. The number of piperidine rings is 1. The Labute approximate surface area is 139 Å². The van der Waals surface area contributed by atoms with Gasteiger partial charge in [0.2, 0.25) is 0 Å². The van der Waals surface area contributed by atoms with Crippen LogP contribution in [-0.4, -0.2) is 24.1 Å². The Morgan fingerprint density at radius 2 is 1.65 bits per heavy atom. The molecule has 2 aromatic carbocycles. The molecule has 23 heavy (non-hydrogen) atoms. The Morgan fingerprint density at radius 3 is 2.39 bits per heavy atom. The summed E-state index contributed by atoms with van der Waals surface area (Å²) in [5, 5.41) is 0. The third-order valence-electron chi connectivity index (χ3n) is 5.72. The molecule has 3 unspecified atom stereocenters. The van der Waals surface area contributed by atoms with Crippen molar-refractivity contribution >= 4 is 0 Å². The molecule has 4 rings (SSSR count). The van der Waals surface area contributed by atoms with E-state index in [0.717, 1.165) is 18.3 Å². The maximum absolute atomic E-state index is 5.31. The first-order valence-corrected chi connectivity index (χ1v) is 8.79. The molecule has 0 aromatic heterocycles. The van der Waals surface area contributed by atoms with Gasteiger partial charge in [0.25, 0.3) is 0 Å². The predicted molar refractivity (Wildman–Crippen MR) is 93.8 cm³/mol. The van der Waals surface area contributed by atoms with Gasteiger partial charge in [0, 0.05) is 18.6 Å². The van der Waals surface area contributed by atoms with Crippen molar-refractivity contribution in [2.75, 3.05) is 7.11 Å². The van der Waals surface area contributed by atoms with Crippen LogP contribution in [0.5, 0.6) is 5.75 Å². The van der Waals surface area contributed by atoms with Gasteiger partial charge in [-0.3, -0.25) is 4.90 Å². The first-order valence-electron chi connectivity index (χ1n) is 8.79. The Hall–Kier alpha value is -1.80. The van der Waals surface area contributed by atoms with Gasteiger partial charge < -0.3 is 4.74 Å². The summed E-state index contributed by atoms with van der Waals surface area (Å²) < 4.78 is 5.31. The van der Waals surface area contributed by atoms with Crippen molar-refractivity contribution in [3.05, 3.63) is 65.7 Å². The lowest BCUT2D eigenvalue weighted by atomic mass is 9.84. The van der Waals surface area contributed by atoms with E-state index in [2.05, 4.69) is 59.5 Å². The molecule has 2 heterocycles. The third kappa shape index (κ3) is 2.88. The molecule has 0 amide bonds. The van der Waals surface area contributed by atoms with Crippen molar-refractivity contribution in [2.45, 2.75) is 50.2 Å². The Bertz CT molecular complexity index is 637. The first-order chi connectivity index (χ1) is 11.3. The van der Waals surface area contributed by atoms with E-state index in [4.69, 9.17) is 4.74 Å². The fraction of sp³-hybridized carbons (Fsp3) is 0.429. The number of nitrogens with zero attached hydrogens (tertiary/aromatic N) is 1. The van der Waals surface area contributed by atoms with Crippen LogP contribution < -0.4 is 4.74 Å². The number of hydrogen-bond acceptors (Lipinski definition) is 2. The molecule has 0 aliphatic carbocycles. The Balaban J connectivity index is 1.55. The van der Waals surface area contributed by atoms with Crippen molar-refractivity contribution in [3.63, 3.8) is 0 Å². The van der Waals surface area contributed by atoms with E-state index in [1.54, 1.807) is 7.11 Å². The van der Waals surface area contributed by atoms with Gasteiger partial charge in [-0.1, -0.05) is 42.5 Å². The van der Waals surface area contributed by atoms with Crippen LogP contribution >= 0.6 is 0 Å². The number of ether oxygens (including phenoxy) is 1. The highest BCUT2D eigenvalue weighted by atomic mass is 16.5. The minimum Gasteiger partial charge on any atom is -0.497 e. The number of benzene rings is 2. The van der Waals surface area contributed by atoms with Crippen LogP contribution in [0.25, 0.3) is 0 Å².